The summed E-state index contributed by atoms with van der Waals surface area (Å²) in [5.74, 6) is 1.63. The van der Waals surface area contributed by atoms with Crippen LogP contribution in [-0.4, -0.2) is 54.0 Å². The van der Waals surface area contributed by atoms with Gasteiger partial charge in [-0.15, -0.1) is 0 Å². The van der Waals surface area contributed by atoms with Gasteiger partial charge in [0.05, 0.1) is 24.4 Å². The SMILES string of the molecule is Cc1ccc(Oc2cc(OC(C)CO)c3[nH]c(C4=NCC(CC(N)=O)S4)cc3c2)cc1.O=S=O. The summed E-state index contributed by atoms with van der Waals surface area (Å²) >= 11 is 0.796. The maximum Gasteiger partial charge on any atom is 0.335 e. The molecule has 1 amide bonds. The highest BCUT2D eigenvalue weighted by molar-refractivity contribution is 8.15. The van der Waals surface area contributed by atoms with Gasteiger partial charge in [0.25, 0.3) is 0 Å². The third-order valence-electron chi connectivity index (χ3n) is 4.88. The number of ether oxygens (including phenoxy) is 2. The van der Waals surface area contributed by atoms with Crippen LogP contribution in [0.25, 0.3) is 10.9 Å². The molecule has 4 rings (SSSR count). The monoisotopic (exact) mass is 503 g/mol. The number of nitrogens with zero attached hydrogens (tertiary/aromatic N) is 1. The van der Waals surface area contributed by atoms with Crippen LogP contribution in [0.5, 0.6) is 17.2 Å². The summed E-state index contributed by atoms with van der Waals surface area (Å²) in [6, 6.07) is 13.6. The maximum atomic E-state index is 11.2. The molecule has 3 aromatic rings. The average Bonchev–Trinajstić information content (AvgIpc) is 3.42. The summed E-state index contributed by atoms with van der Waals surface area (Å²) in [7, 11) is 0. The van der Waals surface area contributed by atoms with Gasteiger partial charge in [-0.25, -0.2) is 0 Å². The highest BCUT2D eigenvalue weighted by atomic mass is 32.2. The standard InChI is InChI=1S/C23H25N3O4S.O2S/c1-13-3-5-16(6-4-13)30-17-7-15-8-19(23-25-11-18(31-23)10-21(24)28)26-22(15)20(9-17)29-14(2)12-27;1-3-2/h3-9,14,18,26-27H,10-12H2,1-2H3,(H2,24,28);. The molecule has 0 bridgehead atoms. The maximum absolute atomic E-state index is 11.2. The van der Waals surface area contributed by atoms with Crippen molar-refractivity contribution in [2.45, 2.75) is 31.6 Å². The minimum atomic E-state index is -0.750. The van der Waals surface area contributed by atoms with Gasteiger partial charge in [-0.2, -0.15) is 8.42 Å². The minimum absolute atomic E-state index is 0.0597. The van der Waals surface area contributed by atoms with E-state index in [1.54, 1.807) is 18.7 Å². The molecule has 0 fully saturated rings. The summed E-state index contributed by atoms with van der Waals surface area (Å²) in [5, 5.41) is 11.3. The summed E-state index contributed by atoms with van der Waals surface area (Å²) in [6.07, 6.45) is -0.0721. The zero-order valence-electron chi connectivity index (χ0n) is 18.6. The molecule has 0 spiro atoms. The third-order valence-corrected chi connectivity index (χ3v) is 6.11. The molecule has 180 valence electrons. The zero-order valence-corrected chi connectivity index (χ0v) is 20.3. The van der Waals surface area contributed by atoms with Crippen LogP contribution in [0.15, 0.2) is 47.5 Å². The van der Waals surface area contributed by atoms with Crippen LogP contribution >= 0.6 is 11.8 Å². The van der Waals surface area contributed by atoms with Crippen molar-refractivity contribution in [3.63, 3.8) is 0 Å². The summed E-state index contributed by atoms with van der Waals surface area (Å²) in [4.78, 5) is 19.2. The zero-order chi connectivity index (χ0) is 24.7. The number of carbonyl (C=O) groups is 1. The van der Waals surface area contributed by atoms with Crippen molar-refractivity contribution in [2.24, 2.45) is 10.7 Å². The van der Waals surface area contributed by atoms with Gasteiger partial charge in [-0.3, -0.25) is 9.79 Å². The predicted molar refractivity (Wildman–Crippen MR) is 132 cm³/mol. The molecule has 1 aliphatic heterocycles. The van der Waals surface area contributed by atoms with Gasteiger partial charge >= 0.3 is 11.6 Å². The van der Waals surface area contributed by atoms with E-state index in [1.165, 1.54) is 0 Å². The lowest BCUT2D eigenvalue weighted by Crippen LogP contribution is -2.18. The number of nitrogens with two attached hydrogens (primary N) is 1. The van der Waals surface area contributed by atoms with Crippen molar-refractivity contribution in [2.75, 3.05) is 13.2 Å². The molecular weight excluding hydrogens is 478 g/mol. The van der Waals surface area contributed by atoms with Crippen LogP contribution in [0.2, 0.25) is 0 Å². The second kappa shape index (κ2) is 11.8. The number of thioether (sulfide) groups is 1. The first-order chi connectivity index (χ1) is 16.3. The van der Waals surface area contributed by atoms with Crippen LogP contribution in [0.4, 0.5) is 0 Å². The van der Waals surface area contributed by atoms with Crippen molar-refractivity contribution in [1.29, 1.82) is 0 Å². The molecule has 0 aliphatic carbocycles. The number of hydrogen-bond donors (Lipinski definition) is 3. The fraction of sp³-hybridized carbons (Fsp3) is 0.304. The van der Waals surface area contributed by atoms with E-state index in [-0.39, 0.29) is 23.9 Å². The first-order valence-electron chi connectivity index (χ1n) is 10.4. The number of aryl methyl sites for hydroxylation is 1. The molecule has 2 aromatic carbocycles. The second-order valence-corrected chi connectivity index (χ2v) is 9.14. The average molecular weight is 504 g/mol. The number of H-pyrrole nitrogens is 1. The summed E-state index contributed by atoms with van der Waals surface area (Å²) in [5.41, 5.74) is 8.13. The Morgan fingerprint density at radius 3 is 2.62 bits per heavy atom. The highest BCUT2D eigenvalue weighted by Gasteiger charge is 2.24. The number of hydrogen-bond acceptors (Lipinski definition) is 8. The molecule has 11 heteroatoms. The van der Waals surface area contributed by atoms with Gasteiger partial charge in [-0.1, -0.05) is 29.5 Å². The molecule has 2 unspecified atom stereocenters. The van der Waals surface area contributed by atoms with Crippen molar-refractivity contribution < 1.29 is 27.8 Å². The van der Waals surface area contributed by atoms with E-state index in [1.807, 2.05) is 49.4 Å². The van der Waals surface area contributed by atoms with E-state index in [2.05, 4.69) is 9.98 Å². The Labute approximate surface area is 204 Å². The molecule has 1 aromatic heterocycles. The largest absolute Gasteiger partial charge is 0.486 e. The number of aliphatic hydroxyl groups excluding tert-OH is 1. The summed E-state index contributed by atoms with van der Waals surface area (Å²) < 4.78 is 28.6. The number of aromatic amines is 1. The van der Waals surface area contributed by atoms with Gasteiger partial charge in [0.1, 0.15) is 28.4 Å². The highest BCUT2D eigenvalue weighted by Crippen LogP contribution is 2.36. The van der Waals surface area contributed by atoms with Crippen molar-refractivity contribution >= 4 is 45.2 Å². The molecule has 4 N–H and O–H groups in total. The first-order valence-corrected chi connectivity index (χ1v) is 12.0. The minimum Gasteiger partial charge on any atom is -0.486 e. The van der Waals surface area contributed by atoms with Gasteiger partial charge in [0, 0.05) is 23.1 Å². The number of amides is 1. The Bertz CT molecular complexity index is 1220. The van der Waals surface area contributed by atoms with Gasteiger partial charge in [-0.05, 0) is 38.1 Å². The van der Waals surface area contributed by atoms with Gasteiger partial charge in [0.15, 0.2) is 0 Å². The number of aromatic nitrogens is 1. The quantitative estimate of drug-likeness (QED) is 0.428. The van der Waals surface area contributed by atoms with Crippen molar-refractivity contribution in [3.8, 4) is 17.2 Å². The van der Waals surface area contributed by atoms with E-state index in [0.717, 1.165) is 33.0 Å². The van der Waals surface area contributed by atoms with E-state index < -0.39 is 11.6 Å². The third kappa shape index (κ3) is 6.69. The van der Waals surface area contributed by atoms with Crippen LogP contribution in [0.3, 0.4) is 0 Å². The number of aliphatic hydroxyl groups is 1. The van der Waals surface area contributed by atoms with Crippen molar-refractivity contribution in [3.05, 3.63) is 53.7 Å². The lowest BCUT2D eigenvalue weighted by atomic mass is 10.2. The van der Waals surface area contributed by atoms with E-state index >= 15 is 0 Å². The molecule has 0 radical (unpaired) electrons. The fourth-order valence-corrected chi connectivity index (χ4v) is 4.44. The topological polar surface area (TPSA) is 144 Å². The first kappa shape index (κ1) is 25.5. The number of nitrogens with one attached hydrogen (secondary N) is 1. The molecule has 0 saturated carbocycles. The number of carbonyl (C=O) groups excluding carboxylic acids is 1. The van der Waals surface area contributed by atoms with Crippen LogP contribution in [-0.2, 0) is 16.4 Å². The predicted octanol–water partition coefficient (Wildman–Crippen LogP) is 3.10. The van der Waals surface area contributed by atoms with Gasteiger partial charge < -0.3 is 25.3 Å². The number of fused-ring (bicyclic) bond motifs is 1. The van der Waals surface area contributed by atoms with Gasteiger partial charge in [0.2, 0.25) is 5.91 Å². The Balaban J connectivity index is 0.00000103. The molecule has 2 atom stereocenters. The Hall–Kier alpha value is -3.15. The lowest BCUT2D eigenvalue weighted by molar-refractivity contribution is -0.117. The normalized spacial score (nSPS) is 15.7. The second-order valence-electron chi connectivity index (χ2n) is 7.72. The molecule has 9 nitrogen and oxygen atoms in total. The number of rotatable bonds is 8. The van der Waals surface area contributed by atoms with Crippen LogP contribution < -0.4 is 15.2 Å². The number of primary amides is 1. The molecule has 0 saturated heterocycles. The molecular formula is C23H25N3O6S2. The van der Waals surface area contributed by atoms with Crippen LogP contribution in [0, 0.1) is 6.92 Å². The lowest BCUT2D eigenvalue weighted by Gasteiger charge is -2.14. The molecule has 2 heterocycles. The number of aliphatic imine (C=N–C) groups is 1. The molecule has 1 aliphatic rings. The van der Waals surface area contributed by atoms with E-state index in [0.29, 0.717) is 24.5 Å². The Morgan fingerprint density at radius 1 is 1.26 bits per heavy atom. The fourth-order valence-electron chi connectivity index (χ4n) is 3.34. The smallest absolute Gasteiger partial charge is 0.335 e. The van der Waals surface area contributed by atoms with Crippen LogP contribution in [0.1, 0.15) is 24.6 Å². The Morgan fingerprint density at radius 2 is 1.97 bits per heavy atom. The van der Waals surface area contributed by atoms with E-state index in [4.69, 9.17) is 23.6 Å². The van der Waals surface area contributed by atoms with Crippen molar-refractivity contribution in [1.82, 2.24) is 4.98 Å². The van der Waals surface area contributed by atoms with E-state index in [9.17, 15) is 9.90 Å². The Kier molecular flexibility index (Phi) is 8.85. The summed E-state index contributed by atoms with van der Waals surface area (Å²) in [6.45, 7) is 4.28. The molecule has 34 heavy (non-hydrogen) atoms. The number of benzene rings is 2.